The zero-order valence-corrected chi connectivity index (χ0v) is 33.7. The summed E-state index contributed by atoms with van der Waals surface area (Å²) < 4.78 is 16.5. The lowest BCUT2D eigenvalue weighted by molar-refractivity contribution is -0.167. The van der Waals surface area contributed by atoms with Crippen LogP contribution in [0.3, 0.4) is 0 Å². The molecule has 0 aliphatic carbocycles. The highest BCUT2D eigenvalue weighted by molar-refractivity contribution is 5.71. The van der Waals surface area contributed by atoms with Crippen LogP contribution in [0.5, 0.6) is 0 Å². The molecule has 0 aromatic heterocycles. The molecule has 53 heavy (non-hydrogen) atoms. The maximum absolute atomic E-state index is 12.6. The van der Waals surface area contributed by atoms with Crippen LogP contribution >= 0.6 is 0 Å². The number of carbonyl (C=O) groups is 3. The summed E-state index contributed by atoms with van der Waals surface area (Å²) in [7, 11) is 0. The van der Waals surface area contributed by atoms with Crippen LogP contribution in [0.2, 0.25) is 0 Å². The van der Waals surface area contributed by atoms with Gasteiger partial charge in [-0.3, -0.25) is 14.4 Å². The predicted molar refractivity (Wildman–Crippen MR) is 224 cm³/mol. The standard InChI is InChI=1S/C47H74O6/c1-4-7-10-13-16-19-20-21-22-23-24-25-26-29-31-34-37-40-46(49)52-43-44(53-47(50)41-38-35-32-28-18-15-12-9-6-3)42-51-45(48)39-36-33-30-27-17-14-11-8-5-2/h7,9-10,12,16,18-19,21-22,24-25,27-31,44H,4-6,8,11,13-15,17,20,23,26,32-43H2,1-3H3/b10-7-,12-9-,19-16-,22-21-,25-24-,28-18-,30-27-,31-29-. The Balaban J connectivity index is 4.51. The second-order valence-electron chi connectivity index (χ2n) is 13.1. The Hall–Kier alpha value is -3.67. The molecule has 1 atom stereocenters. The van der Waals surface area contributed by atoms with Gasteiger partial charge in [0.15, 0.2) is 6.10 Å². The van der Waals surface area contributed by atoms with Crippen molar-refractivity contribution in [2.45, 2.75) is 168 Å². The summed E-state index contributed by atoms with van der Waals surface area (Å²) in [6, 6.07) is 0. The number of allylic oxidation sites excluding steroid dienone is 16. The molecule has 6 heteroatoms. The first-order chi connectivity index (χ1) is 26.0. The van der Waals surface area contributed by atoms with Crippen molar-refractivity contribution in [1.82, 2.24) is 0 Å². The Morgan fingerprint density at radius 2 is 0.755 bits per heavy atom. The monoisotopic (exact) mass is 735 g/mol. The van der Waals surface area contributed by atoms with Crippen molar-refractivity contribution >= 4 is 17.9 Å². The van der Waals surface area contributed by atoms with Crippen LogP contribution < -0.4 is 0 Å². The van der Waals surface area contributed by atoms with Gasteiger partial charge in [-0.05, 0) is 103 Å². The summed E-state index contributed by atoms with van der Waals surface area (Å²) in [5.74, 6) is -1.07. The van der Waals surface area contributed by atoms with Gasteiger partial charge in [0.1, 0.15) is 13.2 Å². The van der Waals surface area contributed by atoms with E-state index in [1.54, 1.807) is 0 Å². The van der Waals surface area contributed by atoms with E-state index in [-0.39, 0.29) is 50.4 Å². The fourth-order valence-electron chi connectivity index (χ4n) is 4.99. The van der Waals surface area contributed by atoms with E-state index >= 15 is 0 Å². The largest absolute Gasteiger partial charge is 0.462 e. The van der Waals surface area contributed by atoms with Crippen LogP contribution in [-0.4, -0.2) is 37.2 Å². The zero-order chi connectivity index (χ0) is 38.7. The highest BCUT2D eigenvalue weighted by Gasteiger charge is 2.19. The summed E-state index contributed by atoms with van der Waals surface area (Å²) in [5, 5.41) is 0. The summed E-state index contributed by atoms with van der Waals surface area (Å²) in [4.78, 5) is 37.4. The van der Waals surface area contributed by atoms with E-state index < -0.39 is 6.10 Å². The fraction of sp³-hybridized carbons (Fsp3) is 0.596. The summed E-state index contributed by atoms with van der Waals surface area (Å²) in [6.45, 7) is 6.21. The second kappa shape index (κ2) is 41.1. The van der Waals surface area contributed by atoms with Crippen molar-refractivity contribution in [3.63, 3.8) is 0 Å². The normalized spacial score (nSPS) is 13.0. The van der Waals surface area contributed by atoms with Gasteiger partial charge in [0, 0.05) is 19.3 Å². The highest BCUT2D eigenvalue weighted by Crippen LogP contribution is 2.09. The number of hydrogen-bond acceptors (Lipinski definition) is 6. The smallest absolute Gasteiger partial charge is 0.306 e. The van der Waals surface area contributed by atoms with E-state index in [4.69, 9.17) is 14.2 Å². The molecule has 298 valence electrons. The van der Waals surface area contributed by atoms with Gasteiger partial charge in [0.25, 0.3) is 0 Å². The third-order valence-electron chi connectivity index (χ3n) is 8.05. The van der Waals surface area contributed by atoms with E-state index in [0.717, 1.165) is 77.0 Å². The van der Waals surface area contributed by atoms with Crippen LogP contribution in [-0.2, 0) is 28.6 Å². The van der Waals surface area contributed by atoms with E-state index in [9.17, 15) is 14.4 Å². The highest BCUT2D eigenvalue weighted by atomic mass is 16.6. The third-order valence-corrected chi connectivity index (χ3v) is 8.05. The molecule has 0 saturated heterocycles. The topological polar surface area (TPSA) is 78.9 Å². The molecule has 0 aliphatic rings. The van der Waals surface area contributed by atoms with Crippen LogP contribution in [0.25, 0.3) is 0 Å². The van der Waals surface area contributed by atoms with Crippen LogP contribution in [0.1, 0.15) is 162 Å². The first kappa shape index (κ1) is 49.3. The SMILES string of the molecule is CC/C=C\C/C=C\C/C=C\C/C=C\C/C=C\CCCC(=O)OCC(COC(=O)CCC/C=C\CCCCCC)OC(=O)CCCC/C=C\C/C=C\CC. The molecule has 0 spiro atoms. The van der Waals surface area contributed by atoms with Crippen molar-refractivity contribution in [3.8, 4) is 0 Å². The molecule has 0 saturated carbocycles. The molecule has 0 N–H and O–H groups in total. The first-order valence-corrected chi connectivity index (χ1v) is 20.7. The molecule has 0 rings (SSSR count). The van der Waals surface area contributed by atoms with Crippen molar-refractivity contribution in [1.29, 1.82) is 0 Å². The minimum atomic E-state index is -0.824. The lowest BCUT2D eigenvalue weighted by atomic mass is 10.1. The molecule has 0 heterocycles. The average Bonchev–Trinajstić information content (AvgIpc) is 3.15. The number of esters is 3. The summed E-state index contributed by atoms with van der Waals surface area (Å²) in [5.41, 5.74) is 0. The molecule has 0 aromatic carbocycles. The minimum Gasteiger partial charge on any atom is -0.462 e. The van der Waals surface area contributed by atoms with E-state index in [1.165, 1.54) is 25.7 Å². The Labute approximate surface area is 324 Å². The van der Waals surface area contributed by atoms with Gasteiger partial charge in [-0.15, -0.1) is 0 Å². The average molecular weight is 735 g/mol. The molecule has 0 amide bonds. The van der Waals surface area contributed by atoms with Crippen molar-refractivity contribution < 1.29 is 28.6 Å². The van der Waals surface area contributed by atoms with E-state index in [1.807, 2.05) is 0 Å². The third kappa shape index (κ3) is 39.4. The quantitative estimate of drug-likeness (QED) is 0.0279. The van der Waals surface area contributed by atoms with Crippen LogP contribution in [0, 0.1) is 0 Å². The lowest BCUT2D eigenvalue weighted by Gasteiger charge is -2.18. The van der Waals surface area contributed by atoms with Crippen molar-refractivity contribution in [2.24, 2.45) is 0 Å². The van der Waals surface area contributed by atoms with Gasteiger partial charge in [-0.1, -0.05) is 137 Å². The number of ether oxygens (including phenoxy) is 3. The summed E-state index contributed by atoms with van der Waals surface area (Å²) >= 11 is 0. The number of unbranched alkanes of at least 4 members (excludes halogenated alkanes) is 8. The Kier molecular flexibility index (Phi) is 38.2. The lowest BCUT2D eigenvalue weighted by Crippen LogP contribution is -2.30. The van der Waals surface area contributed by atoms with Crippen LogP contribution in [0.4, 0.5) is 0 Å². The van der Waals surface area contributed by atoms with Gasteiger partial charge < -0.3 is 14.2 Å². The minimum absolute atomic E-state index is 0.126. The predicted octanol–water partition coefficient (Wildman–Crippen LogP) is 13.1. The Bertz CT molecular complexity index is 1120. The van der Waals surface area contributed by atoms with Gasteiger partial charge in [0.05, 0.1) is 0 Å². The van der Waals surface area contributed by atoms with E-state index in [2.05, 4.69) is 118 Å². The van der Waals surface area contributed by atoms with Gasteiger partial charge in [0.2, 0.25) is 0 Å². The van der Waals surface area contributed by atoms with E-state index in [0.29, 0.717) is 19.3 Å². The van der Waals surface area contributed by atoms with Gasteiger partial charge in [-0.2, -0.15) is 0 Å². The maximum Gasteiger partial charge on any atom is 0.306 e. The number of rotatable bonds is 35. The molecule has 0 bridgehead atoms. The van der Waals surface area contributed by atoms with Gasteiger partial charge >= 0.3 is 17.9 Å². The second-order valence-corrected chi connectivity index (χ2v) is 13.1. The van der Waals surface area contributed by atoms with Crippen LogP contribution in [0.15, 0.2) is 97.2 Å². The molecular weight excluding hydrogens is 661 g/mol. The molecule has 0 aliphatic heterocycles. The fourth-order valence-corrected chi connectivity index (χ4v) is 4.99. The maximum atomic E-state index is 12.6. The van der Waals surface area contributed by atoms with Crippen molar-refractivity contribution in [2.75, 3.05) is 13.2 Å². The molecule has 1 unspecified atom stereocenters. The summed E-state index contributed by atoms with van der Waals surface area (Å²) in [6.07, 6.45) is 52.8. The molecular formula is C47H74O6. The number of hydrogen-bond donors (Lipinski definition) is 0. The zero-order valence-electron chi connectivity index (χ0n) is 33.7. The van der Waals surface area contributed by atoms with Crippen molar-refractivity contribution in [3.05, 3.63) is 97.2 Å². The van der Waals surface area contributed by atoms with Gasteiger partial charge in [-0.25, -0.2) is 0 Å². The molecule has 6 nitrogen and oxygen atoms in total. The molecule has 0 fully saturated rings. The molecule has 0 aromatic rings. The Morgan fingerprint density at radius 1 is 0.396 bits per heavy atom. The number of carbonyl (C=O) groups excluding carboxylic acids is 3. The first-order valence-electron chi connectivity index (χ1n) is 20.7. The Morgan fingerprint density at radius 3 is 1.19 bits per heavy atom. The molecule has 0 radical (unpaired) electrons.